The molecule has 2 heteroatoms. The van der Waals surface area contributed by atoms with Crippen molar-refractivity contribution in [2.75, 3.05) is 0 Å². The van der Waals surface area contributed by atoms with E-state index in [0.29, 0.717) is 5.56 Å². The normalized spacial score (nSPS) is 12.8. The van der Waals surface area contributed by atoms with Crippen LogP contribution in [0.5, 0.6) is 0 Å². The number of aromatic nitrogens is 2. The van der Waals surface area contributed by atoms with Crippen molar-refractivity contribution in [3.8, 4) is 39.3 Å². The molecule has 5 rings (SSSR count). The maximum atomic E-state index is 8.29. The fourth-order valence-corrected chi connectivity index (χ4v) is 4.35. The van der Waals surface area contributed by atoms with E-state index in [9.17, 15) is 0 Å². The molecule has 0 aliphatic rings. The summed E-state index contributed by atoms with van der Waals surface area (Å²) in [5.41, 5.74) is 7.10. The average molecular weight is 419 g/mol. The lowest BCUT2D eigenvalue weighted by Gasteiger charge is -2.14. The summed E-state index contributed by atoms with van der Waals surface area (Å²) in [5, 5.41) is 0. The SMILES string of the molecule is [2H]C([2H])([2H])c1cc(-c2ccccc2)ccc1-c1cccc(-c2n(-c3ccccc3)cc[n+]2C)c1C. The lowest BCUT2D eigenvalue weighted by molar-refractivity contribution is -0.659. The van der Waals surface area contributed by atoms with E-state index in [1.54, 1.807) is 0 Å². The number of benzene rings is 4. The first kappa shape index (κ1) is 16.7. The molecule has 5 aromatic rings. The first-order valence-electron chi connectivity index (χ1n) is 12.3. The summed E-state index contributed by atoms with van der Waals surface area (Å²) in [4.78, 5) is 0. The van der Waals surface area contributed by atoms with E-state index in [4.69, 9.17) is 4.11 Å². The third kappa shape index (κ3) is 3.54. The lowest BCUT2D eigenvalue weighted by Crippen LogP contribution is -2.29. The maximum absolute atomic E-state index is 8.29. The molecule has 0 spiro atoms. The first-order valence-corrected chi connectivity index (χ1v) is 10.8. The van der Waals surface area contributed by atoms with E-state index < -0.39 is 6.85 Å². The summed E-state index contributed by atoms with van der Waals surface area (Å²) >= 11 is 0. The van der Waals surface area contributed by atoms with Crippen molar-refractivity contribution in [2.24, 2.45) is 7.05 Å². The molecule has 1 aromatic heterocycles. The third-order valence-electron chi connectivity index (χ3n) is 6.03. The van der Waals surface area contributed by atoms with Crippen LogP contribution in [0.25, 0.3) is 39.3 Å². The van der Waals surface area contributed by atoms with Gasteiger partial charge in [0.05, 0.1) is 12.6 Å². The zero-order chi connectivity index (χ0) is 24.6. The predicted molar refractivity (Wildman–Crippen MR) is 133 cm³/mol. The van der Waals surface area contributed by atoms with Gasteiger partial charge in [-0.3, -0.25) is 0 Å². The van der Waals surface area contributed by atoms with Crippen molar-refractivity contribution in [3.63, 3.8) is 0 Å². The Hall–Kier alpha value is -3.91. The lowest BCUT2D eigenvalue weighted by atomic mass is 9.91. The Bertz CT molecular complexity index is 1480. The highest BCUT2D eigenvalue weighted by molar-refractivity contribution is 5.79. The molecule has 0 radical (unpaired) electrons. The molecule has 1 heterocycles. The van der Waals surface area contributed by atoms with Gasteiger partial charge in [-0.05, 0) is 65.4 Å². The fourth-order valence-electron chi connectivity index (χ4n) is 4.35. The molecule has 0 saturated carbocycles. The molecule has 4 aromatic carbocycles. The molecule has 0 N–H and O–H groups in total. The second kappa shape index (κ2) is 8.32. The van der Waals surface area contributed by atoms with Gasteiger partial charge in [-0.25, -0.2) is 4.57 Å². The second-order valence-corrected chi connectivity index (χ2v) is 8.04. The van der Waals surface area contributed by atoms with Gasteiger partial charge in [-0.1, -0.05) is 78.9 Å². The number of aryl methyl sites for hydroxylation is 2. The number of imidazole rings is 1. The van der Waals surface area contributed by atoms with Crippen LogP contribution in [-0.2, 0) is 7.05 Å². The molecule has 32 heavy (non-hydrogen) atoms. The van der Waals surface area contributed by atoms with Gasteiger partial charge in [-0.2, -0.15) is 4.57 Å². The Morgan fingerprint density at radius 3 is 2.19 bits per heavy atom. The monoisotopic (exact) mass is 418 g/mol. The van der Waals surface area contributed by atoms with Crippen molar-refractivity contribution in [2.45, 2.75) is 13.8 Å². The minimum Gasteiger partial charge on any atom is -0.232 e. The van der Waals surface area contributed by atoms with Crippen LogP contribution in [0.1, 0.15) is 15.2 Å². The number of rotatable bonds is 4. The van der Waals surface area contributed by atoms with Crippen LogP contribution in [0.2, 0.25) is 0 Å². The van der Waals surface area contributed by atoms with Crippen LogP contribution < -0.4 is 4.57 Å². The Morgan fingerprint density at radius 2 is 1.44 bits per heavy atom. The van der Waals surface area contributed by atoms with Crippen LogP contribution in [0, 0.1) is 13.8 Å². The van der Waals surface area contributed by atoms with Crippen LogP contribution in [-0.4, -0.2) is 4.57 Å². The van der Waals surface area contributed by atoms with Gasteiger partial charge in [0, 0.05) is 4.11 Å². The molecule has 0 fully saturated rings. The number of nitrogens with zero attached hydrogens (tertiary/aromatic N) is 2. The van der Waals surface area contributed by atoms with E-state index in [1.807, 2.05) is 92.1 Å². The largest absolute Gasteiger partial charge is 0.294 e. The van der Waals surface area contributed by atoms with Gasteiger partial charge >= 0.3 is 0 Å². The molecule has 0 unspecified atom stereocenters. The molecule has 0 aliphatic carbocycles. The highest BCUT2D eigenvalue weighted by Gasteiger charge is 2.22. The Morgan fingerprint density at radius 1 is 0.719 bits per heavy atom. The highest BCUT2D eigenvalue weighted by Crippen LogP contribution is 2.34. The minimum atomic E-state index is -2.24. The highest BCUT2D eigenvalue weighted by atomic mass is 15.1. The van der Waals surface area contributed by atoms with Crippen LogP contribution in [0.4, 0.5) is 0 Å². The maximum Gasteiger partial charge on any atom is 0.294 e. The Labute approximate surface area is 194 Å². The summed E-state index contributed by atoms with van der Waals surface area (Å²) < 4.78 is 29.1. The minimum absolute atomic E-state index is 0.363. The summed E-state index contributed by atoms with van der Waals surface area (Å²) in [5.74, 6) is 1.03. The molecule has 0 bridgehead atoms. The Balaban J connectivity index is 1.69. The van der Waals surface area contributed by atoms with Crippen LogP contribution in [0.15, 0.2) is 109 Å². The van der Waals surface area contributed by atoms with E-state index in [-0.39, 0.29) is 0 Å². The molecular formula is C30H27N2+. The zero-order valence-electron chi connectivity index (χ0n) is 21.3. The number of hydrogen-bond donors (Lipinski definition) is 0. The van der Waals surface area contributed by atoms with Gasteiger partial charge in [0.25, 0.3) is 5.82 Å². The van der Waals surface area contributed by atoms with Gasteiger partial charge in [0.15, 0.2) is 0 Å². The zero-order valence-corrected chi connectivity index (χ0v) is 18.3. The molecule has 0 aliphatic heterocycles. The predicted octanol–water partition coefficient (Wildman–Crippen LogP) is 6.92. The van der Waals surface area contributed by atoms with Crippen molar-refractivity contribution in [1.29, 1.82) is 0 Å². The summed E-state index contributed by atoms with van der Waals surface area (Å²) in [6.45, 7) is -0.168. The first-order chi connectivity index (χ1) is 16.8. The van der Waals surface area contributed by atoms with Gasteiger partial charge in [-0.15, -0.1) is 0 Å². The smallest absolute Gasteiger partial charge is 0.232 e. The third-order valence-corrected chi connectivity index (χ3v) is 6.03. The average Bonchev–Trinajstić information content (AvgIpc) is 3.25. The quantitative estimate of drug-likeness (QED) is 0.280. The van der Waals surface area contributed by atoms with Crippen molar-refractivity contribution in [1.82, 2.24) is 4.57 Å². The summed E-state index contributed by atoms with van der Waals surface area (Å²) in [7, 11) is 2.03. The van der Waals surface area contributed by atoms with Crippen molar-refractivity contribution < 1.29 is 8.68 Å². The standard InChI is InChI=1S/C30H27N2/c1-22-21-25(24-11-6-4-7-12-24)17-18-27(22)28-15-10-16-29(23(28)2)30-31(3)19-20-32(30)26-13-8-5-9-14-26/h4-21H,1-3H3/q+1/i1D3. The van der Waals surface area contributed by atoms with Crippen LogP contribution in [0.3, 0.4) is 0 Å². The number of hydrogen-bond acceptors (Lipinski definition) is 0. The van der Waals surface area contributed by atoms with Gasteiger partial charge in [0.1, 0.15) is 18.1 Å². The molecule has 0 atom stereocenters. The van der Waals surface area contributed by atoms with Gasteiger partial charge < -0.3 is 0 Å². The van der Waals surface area contributed by atoms with Gasteiger partial charge in [0.2, 0.25) is 0 Å². The molecule has 0 amide bonds. The van der Waals surface area contributed by atoms with E-state index in [2.05, 4.69) is 40.5 Å². The van der Waals surface area contributed by atoms with E-state index >= 15 is 0 Å². The summed E-state index contributed by atoms with van der Waals surface area (Å²) in [6, 6.07) is 32.0. The molecule has 2 nitrogen and oxygen atoms in total. The summed E-state index contributed by atoms with van der Waals surface area (Å²) in [6.07, 6.45) is 4.09. The van der Waals surface area contributed by atoms with Crippen molar-refractivity contribution in [3.05, 3.63) is 121 Å². The van der Waals surface area contributed by atoms with Crippen LogP contribution >= 0.6 is 0 Å². The topological polar surface area (TPSA) is 8.81 Å². The number of para-hydroxylation sites is 1. The van der Waals surface area contributed by atoms with E-state index in [1.165, 1.54) is 0 Å². The van der Waals surface area contributed by atoms with E-state index in [0.717, 1.165) is 44.9 Å². The molecule has 0 saturated heterocycles. The van der Waals surface area contributed by atoms with Crippen molar-refractivity contribution >= 4 is 0 Å². The second-order valence-electron chi connectivity index (χ2n) is 8.04. The Kier molecular flexibility index (Phi) is 4.35. The molecular weight excluding hydrogens is 388 g/mol. The molecule has 156 valence electrons. The fraction of sp³-hybridized carbons (Fsp3) is 0.100.